The molecule has 0 aromatic carbocycles. The molecule has 0 amide bonds. The molecular weight excluding hydrogens is 246 g/mol. The Morgan fingerprint density at radius 2 is 2.67 bits per heavy atom. The van der Waals surface area contributed by atoms with Crippen LogP contribution in [0.4, 0.5) is 0 Å². The summed E-state index contributed by atoms with van der Waals surface area (Å²) in [6.45, 7) is 3.46. The van der Waals surface area contributed by atoms with Crippen LogP contribution in [0.3, 0.4) is 0 Å². The van der Waals surface area contributed by atoms with E-state index in [4.69, 9.17) is 0 Å². The number of hydrogen-bond donors (Lipinski definition) is 0. The first-order valence-corrected chi connectivity index (χ1v) is 2.83. The first kappa shape index (κ1) is 6.10. The number of nitrogens with zero attached hydrogens (tertiary/aromatic N) is 1. The summed E-state index contributed by atoms with van der Waals surface area (Å²) in [5, 5.41) is 0. The van der Waals surface area contributed by atoms with Crippen molar-refractivity contribution in [3.8, 4) is 0 Å². The first-order chi connectivity index (χ1) is 2.91. The fourth-order valence-corrected chi connectivity index (χ4v) is 0.348. The average Bonchev–Trinajstić information content (AvgIpc) is 1.61. The number of allylic oxidation sites excluding steroid dienone is 1. The topological polar surface area (TPSA) is 12.4 Å². The van der Waals surface area contributed by atoms with E-state index in [9.17, 15) is 0 Å². The minimum absolute atomic E-state index is 0. The van der Waals surface area contributed by atoms with Crippen LogP contribution < -0.4 is 0 Å². The van der Waals surface area contributed by atoms with Gasteiger partial charge in [0.15, 0.2) is 0 Å². The zero-order chi connectivity index (χ0) is 4.83. The van der Waals surface area contributed by atoms with Crippen molar-refractivity contribution >= 4 is 0 Å². The fraction of sp³-hybridized carbons (Fsp3) is 0. The molecule has 0 fully saturated rings. The predicted molar refractivity (Wildman–Crippen MR) is 23.3 cm³/mol. The normalized spacial score (nSPS) is 8.83. The van der Waals surface area contributed by atoms with Gasteiger partial charge in [-0.1, -0.05) is 0 Å². The molecule has 34 valence electrons. The van der Waals surface area contributed by atoms with Crippen LogP contribution in [0.2, 0.25) is 0 Å². The Bertz CT molecular complexity index is 62.7. The summed E-state index contributed by atoms with van der Waals surface area (Å²) in [6, 6.07) is 0. The monoisotopic (exact) mass is 254 g/mol. The van der Waals surface area contributed by atoms with E-state index >= 15 is 0 Å². The van der Waals surface area contributed by atoms with E-state index in [1.54, 1.807) is 18.7 Å². The molecule has 0 radical (unpaired) electrons. The second-order valence-corrected chi connectivity index (χ2v) is 1.44. The van der Waals surface area contributed by atoms with Crippen LogP contribution in [0.1, 0.15) is 1.43 Å². The Morgan fingerprint density at radius 3 is 2.83 bits per heavy atom. The van der Waals surface area contributed by atoms with Crippen molar-refractivity contribution < 1.29 is 21.1 Å². The molecule has 0 aromatic rings. The van der Waals surface area contributed by atoms with Crippen molar-refractivity contribution in [3.63, 3.8) is 0 Å². The van der Waals surface area contributed by atoms with E-state index in [2.05, 4.69) is 10.4 Å². The van der Waals surface area contributed by atoms with Crippen LogP contribution in [0.25, 0.3) is 0 Å². The molecule has 2 heteroatoms. The standard InChI is InChI=1S/C4H5N.W.H2/c1-2-3-4-5;;/h2-4H,1H2;;1H/i;;1+1. The Morgan fingerprint density at radius 1 is 2.00 bits per heavy atom. The van der Waals surface area contributed by atoms with Crippen molar-refractivity contribution in [2.45, 2.75) is 0 Å². The second-order valence-electron chi connectivity index (χ2n) is 0.683. The summed E-state index contributed by atoms with van der Waals surface area (Å²) in [7, 11) is 0. The average molecular weight is 254 g/mol. The van der Waals surface area contributed by atoms with Gasteiger partial charge in [0.1, 0.15) is 0 Å². The summed E-state index contributed by atoms with van der Waals surface area (Å²) in [5.74, 6) is 0. The zero-order valence-corrected chi connectivity index (χ0v) is 6.23. The second kappa shape index (κ2) is 5.10. The summed E-state index contributed by atoms with van der Waals surface area (Å²) in [5.41, 5.74) is 0. The van der Waals surface area contributed by atoms with Crippen molar-refractivity contribution in [1.82, 2.24) is 0 Å². The van der Waals surface area contributed by atoms with Crippen LogP contribution in [-0.4, -0.2) is 0 Å². The van der Waals surface area contributed by atoms with Gasteiger partial charge in [0.2, 0.25) is 0 Å². The summed E-state index contributed by atoms with van der Waals surface area (Å²) in [4.78, 5) is 0. The van der Waals surface area contributed by atoms with Gasteiger partial charge in [-0.25, -0.2) is 0 Å². The van der Waals surface area contributed by atoms with Crippen LogP contribution in [0.15, 0.2) is 15.8 Å². The van der Waals surface area contributed by atoms with Gasteiger partial charge in [0, 0.05) is 1.43 Å². The summed E-state index contributed by atoms with van der Waals surface area (Å²) >= 11 is 1.23. The van der Waals surface area contributed by atoms with Gasteiger partial charge in [-0.05, 0) is 0 Å². The molecule has 0 aliphatic carbocycles. The van der Waals surface area contributed by atoms with Crippen LogP contribution in [-0.2, 0) is 19.6 Å². The molecule has 0 aliphatic rings. The molecule has 0 bridgehead atoms. The third-order valence-electron chi connectivity index (χ3n) is 0.283. The van der Waals surface area contributed by atoms with E-state index < -0.39 is 0 Å². The molecule has 6 heavy (non-hydrogen) atoms. The van der Waals surface area contributed by atoms with Gasteiger partial charge in [0.25, 0.3) is 0 Å². The SMILES string of the molecule is [2HH].[CH2-][CH+]C=C[N]=[W]. The minimum atomic E-state index is 0. The van der Waals surface area contributed by atoms with Crippen molar-refractivity contribution in [2.24, 2.45) is 3.50 Å². The fourth-order valence-electron chi connectivity index (χ4n) is 0.0960. The maximum absolute atomic E-state index is 3.76. The molecule has 0 unspecified atom stereocenters. The van der Waals surface area contributed by atoms with Crippen molar-refractivity contribution in [1.29, 1.82) is 0 Å². The molecule has 0 aliphatic heterocycles. The van der Waals surface area contributed by atoms with Gasteiger partial charge in [0.05, 0.1) is 0 Å². The Balaban J connectivity index is 0. The molecule has 0 N–H and O–H groups in total. The molecule has 0 spiro atoms. The van der Waals surface area contributed by atoms with Crippen LogP contribution in [0, 0.1) is 13.3 Å². The molecule has 0 saturated carbocycles. The van der Waals surface area contributed by atoms with E-state index in [1.165, 1.54) is 19.6 Å². The maximum atomic E-state index is 3.76. The van der Waals surface area contributed by atoms with Gasteiger partial charge in [-0.15, -0.1) is 0 Å². The summed E-state index contributed by atoms with van der Waals surface area (Å²) < 4.78 is 3.76. The quantitative estimate of drug-likeness (QED) is 0.662. The molecule has 0 heterocycles. The van der Waals surface area contributed by atoms with Gasteiger partial charge in [-0.3, -0.25) is 0 Å². The van der Waals surface area contributed by atoms with Crippen molar-refractivity contribution in [2.75, 3.05) is 0 Å². The predicted octanol–water partition coefficient (Wildman–Crippen LogP) is 1.51. The Kier molecular flexibility index (Phi) is 5.18. The first-order valence-electron chi connectivity index (χ1n) is 1.52. The molecule has 1 nitrogen and oxygen atoms in total. The Hall–Kier alpha value is 0.0983. The van der Waals surface area contributed by atoms with Crippen molar-refractivity contribution in [3.05, 3.63) is 25.6 Å². The summed E-state index contributed by atoms with van der Waals surface area (Å²) in [6.07, 6.45) is 5.22. The van der Waals surface area contributed by atoms with E-state index in [-0.39, 0.29) is 1.43 Å². The van der Waals surface area contributed by atoms with E-state index in [1.807, 2.05) is 0 Å². The van der Waals surface area contributed by atoms with E-state index in [0.29, 0.717) is 0 Å². The van der Waals surface area contributed by atoms with Gasteiger partial charge < -0.3 is 0 Å². The third-order valence-corrected chi connectivity index (χ3v) is 0.720. The van der Waals surface area contributed by atoms with E-state index in [0.717, 1.165) is 0 Å². The van der Waals surface area contributed by atoms with Crippen LogP contribution in [0.5, 0.6) is 0 Å². The van der Waals surface area contributed by atoms with Crippen LogP contribution >= 0.6 is 0 Å². The molecule has 0 saturated heterocycles. The van der Waals surface area contributed by atoms with Gasteiger partial charge >= 0.3 is 48.7 Å². The third kappa shape index (κ3) is 4.10. The number of hydrogen-bond acceptors (Lipinski definition) is 1. The Labute approximate surface area is 50.7 Å². The molecule has 0 rings (SSSR count). The van der Waals surface area contributed by atoms with Gasteiger partial charge in [-0.2, -0.15) is 0 Å². The zero-order valence-electron chi connectivity index (χ0n) is 3.29. The molecule has 0 atom stereocenters. The number of rotatable bonds is 2. The molecular formula is C4H7NW. The molecule has 0 aromatic heterocycles.